The number of piperidine rings is 1. The first-order valence-electron chi connectivity index (χ1n) is 10.5. The van der Waals surface area contributed by atoms with E-state index >= 15 is 0 Å². The van der Waals surface area contributed by atoms with Crippen LogP contribution in [0.3, 0.4) is 0 Å². The molecule has 1 aliphatic rings. The van der Waals surface area contributed by atoms with Crippen LogP contribution in [0.15, 0.2) is 23.0 Å². The van der Waals surface area contributed by atoms with E-state index in [-0.39, 0.29) is 17.2 Å². The molecule has 7 heteroatoms. The molecule has 0 saturated carbocycles. The lowest BCUT2D eigenvalue weighted by Crippen LogP contribution is -2.42. The van der Waals surface area contributed by atoms with Crippen LogP contribution in [0.5, 0.6) is 5.75 Å². The molecule has 1 aliphatic heterocycles. The van der Waals surface area contributed by atoms with Gasteiger partial charge in [0, 0.05) is 25.0 Å². The fourth-order valence-electron chi connectivity index (χ4n) is 4.06. The van der Waals surface area contributed by atoms with Crippen molar-refractivity contribution < 1.29 is 13.5 Å². The molecule has 0 aliphatic carbocycles. The third-order valence-corrected chi connectivity index (χ3v) is 5.57. The van der Waals surface area contributed by atoms with Crippen molar-refractivity contribution in [2.45, 2.75) is 65.5 Å². The molecule has 5 nitrogen and oxygen atoms in total. The second kappa shape index (κ2) is 9.20. The molecule has 2 aromatic rings. The molecule has 1 saturated heterocycles. The highest BCUT2D eigenvalue weighted by atomic mass is 19.3. The van der Waals surface area contributed by atoms with Crippen molar-refractivity contribution in [3.8, 4) is 5.75 Å². The van der Waals surface area contributed by atoms with Crippen LogP contribution in [0.4, 0.5) is 8.78 Å². The average Bonchev–Trinajstić information content (AvgIpc) is 2.68. The number of aromatic nitrogens is 2. The first-order valence-corrected chi connectivity index (χ1v) is 10.5. The van der Waals surface area contributed by atoms with Gasteiger partial charge in [-0.1, -0.05) is 13.8 Å². The van der Waals surface area contributed by atoms with Crippen LogP contribution >= 0.6 is 0 Å². The summed E-state index contributed by atoms with van der Waals surface area (Å²) in [6.45, 7) is 10.5. The Kier molecular flexibility index (Phi) is 6.88. The highest BCUT2D eigenvalue weighted by Gasteiger charge is 2.24. The standard InChI is InChI=1S/C22H31F2N3O2/c1-14(2)21-25-19-8-7-17(29-13-20(23)24)10-18(19)22(28)27(21)12-16-6-5-9-26(11-16)15(3)4/h7-8,10,14-16,20H,5-6,9,11-13H2,1-4H3/t16-/m0/s1. The van der Waals surface area contributed by atoms with E-state index in [2.05, 4.69) is 18.7 Å². The number of nitrogens with zero attached hydrogens (tertiary/aromatic N) is 3. The number of fused-ring (bicyclic) bond motifs is 1. The maximum absolute atomic E-state index is 13.3. The van der Waals surface area contributed by atoms with E-state index in [0.717, 1.165) is 31.8 Å². The molecule has 1 aromatic heterocycles. The van der Waals surface area contributed by atoms with E-state index in [4.69, 9.17) is 9.72 Å². The minimum atomic E-state index is -2.56. The van der Waals surface area contributed by atoms with E-state index in [1.807, 2.05) is 13.8 Å². The first kappa shape index (κ1) is 21.7. The molecule has 2 heterocycles. The lowest BCUT2D eigenvalue weighted by atomic mass is 9.96. The molecular formula is C22H31F2N3O2. The van der Waals surface area contributed by atoms with Crippen LogP contribution in [0.2, 0.25) is 0 Å². The number of hydrogen-bond acceptors (Lipinski definition) is 4. The summed E-state index contributed by atoms with van der Waals surface area (Å²) in [7, 11) is 0. The smallest absolute Gasteiger partial charge is 0.272 e. The Morgan fingerprint density at radius 3 is 2.66 bits per heavy atom. The molecule has 160 valence electrons. The van der Waals surface area contributed by atoms with Gasteiger partial charge < -0.3 is 9.64 Å². The highest BCUT2D eigenvalue weighted by molar-refractivity contribution is 5.79. The number of hydrogen-bond donors (Lipinski definition) is 0. The molecule has 3 rings (SSSR count). The fourth-order valence-corrected chi connectivity index (χ4v) is 4.06. The third-order valence-electron chi connectivity index (χ3n) is 5.57. The van der Waals surface area contributed by atoms with Gasteiger partial charge in [0.05, 0.1) is 10.9 Å². The largest absolute Gasteiger partial charge is 0.488 e. The number of likely N-dealkylation sites (tertiary alicyclic amines) is 1. The number of rotatable bonds is 7. The van der Waals surface area contributed by atoms with E-state index in [9.17, 15) is 13.6 Å². The highest BCUT2D eigenvalue weighted by Crippen LogP contribution is 2.24. The Labute approximate surface area is 170 Å². The second-order valence-corrected chi connectivity index (χ2v) is 8.52. The predicted octanol–water partition coefficient (Wildman–Crippen LogP) is 4.28. The zero-order chi connectivity index (χ0) is 21.1. The number of alkyl halides is 2. The van der Waals surface area contributed by atoms with Crippen LogP contribution < -0.4 is 10.3 Å². The number of ether oxygens (including phenoxy) is 1. The lowest BCUT2D eigenvalue weighted by molar-refractivity contribution is 0.0820. The zero-order valence-corrected chi connectivity index (χ0v) is 17.7. The summed E-state index contributed by atoms with van der Waals surface area (Å²) in [5.41, 5.74) is 0.453. The van der Waals surface area contributed by atoms with E-state index < -0.39 is 13.0 Å². The summed E-state index contributed by atoms with van der Waals surface area (Å²) >= 11 is 0. The van der Waals surface area contributed by atoms with E-state index in [1.165, 1.54) is 6.07 Å². The Bertz CT molecular complexity index is 895. The molecule has 0 unspecified atom stereocenters. The molecule has 1 aromatic carbocycles. The van der Waals surface area contributed by atoms with Crippen LogP contribution in [-0.2, 0) is 6.54 Å². The molecule has 0 spiro atoms. The molecule has 1 fully saturated rings. The van der Waals surface area contributed by atoms with Crippen molar-refractivity contribution >= 4 is 10.9 Å². The zero-order valence-electron chi connectivity index (χ0n) is 17.7. The van der Waals surface area contributed by atoms with Gasteiger partial charge in [0.2, 0.25) is 0 Å². The molecular weight excluding hydrogens is 376 g/mol. The Balaban J connectivity index is 1.96. The number of halogens is 2. The quantitative estimate of drug-likeness (QED) is 0.687. The summed E-state index contributed by atoms with van der Waals surface area (Å²) in [6, 6.07) is 5.29. The Morgan fingerprint density at radius 1 is 1.24 bits per heavy atom. The van der Waals surface area contributed by atoms with Crippen LogP contribution in [0.1, 0.15) is 52.3 Å². The first-order chi connectivity index (χ1) is 13.8. The van der Waals surface area contributed by atoms with Crippen molar-refractivity contribution in [1.29, 1.82) is 0 Å². The van der Waals surface area contributed by atoms with Crippen LogP contribution in [0.25, 0.3) is 10.9 Å². The molecule has 0 radical (unpaired) electrons. The minimum absolute atomic E-state index is 0.103. The average molecular weight is 408 g/mol. The fraction of sp³-hybridized carbons (Fsp3) is 0.636. The normalized spacial score (nSPS) is 18.3. The number of benzene rings is 1. The van der Waals surface area contributed by atoms with Crippen molar-refractivity contribution in [3.63, 3.8) is 0 Å². The third kappa shape index (κ3) is 5.13. The molecule has 0 amide bonds. The molecule has 0 bridgehead atoms. The second-order valence-electron chi connectivity index (χ2n) is 8.52. The topological polar surface area (TPSA) is 47.4 Å². The van der Waals surface area contributed by atoms with Gasteiger partial charge in [-0.25, -0.2) is 13.8 Å². The van der Waals surface area contributed by atoms with Gasteiger partial charge in [0.25, 0.3) is 12.0 Å². The van der Waals surface area contributed by atoms with E-state index in [1.54, 1.807) is 16.7 Å². The summed E-state index contributed by atoms with van der Waals surface area (Å²) in [5, 5.41) is 0.415. The summed E-state index contributed by atoms with van der Waals surface area (Å²) in [4.78, 5) is 20.5. The summed E-state index contributed by atoms with van der Waals surface area (Å²) in [5.74, 6) is 1.53. The maximum atomic E-state index is 13.3. The molecule has 0 N–H and O–H groups in total. The Hall–Kier alpha value is -2.02. The van der Waals surface area contributed by atoms with Gasteiger partial charge in [-0.3, -0.25) is 9.36 Å². The lowest BCUT2D eigenvalue weighted by Gasteiger charge is -2.36. The van der Waals surface area contributed by atoms with Crippen molar-refractivity contribution in [3.05, 3.63) is 34.4 Å². The van der Waals surface area contributed by atoms with Gasteiger partial charge in [-0.05, 0) is 57.4 Å². The van der Waals surface area contributed by atoms with Crippen LogP contribution in [0, 0.1) is 5.92 Å². The van der Waals surface area contributed by atoms with Gasteiger partial charge in [-0.15, -0.1) is 0 Å². The van der Waals surface area contributed by atoms with Gasteiger partial charge >= 0.3 is 0 Å². The van der Waals surface area contributed by atoms with Crippen LogP contribution in [-0.4, -0.2) is 46.6 Å². The summed E-state index contributed by atoms with van der Waals surface area (Å²) in [6.07, 6.45) is -0.344. The van der Waals surface area contributed by atoms with Crippen molar-refractivity contribution in [2.24, 2.45) is 5.92 Å². The van der Waals surface area contributed by atoms with Crippen molar-refractivity contribution in [1.82, 2.24) is 14.5 Å². The SMILES string of the molecule is CC(C)c1nc2ccc(OCC(F)F)cc2c(=O)n1C[C@H]1CCCN(C(C)C)C1. The van der Waals surface area contributed by atoms with E-state index in [0.29, 0.717) is 29.4 Å². The van der Waals surface area contributed by atoms with Gasteiger partial charge in [0.1, 0.15) is 18.2 Å². The van der Waals surface area contributed by atoms with Gasteiger partial charge in [-0.2, -0.15) is 0 Å². The Morgan fingerprint density at radius 2 is 2.00 bits per heavy atom. The molecule has 29 heavy (non-hydrogen) atoms. The van der Waals surface area contributed by atoms with Gasteiger partial charge in [0.15, 0.2) is 0 Å². The summed E-state index contributed by atoms with van der Waals surface area (Å²) < 4.78 is 31.8. The maximum Gasteiger partial charge on any atom is 0.272 e. The minimum Gasteiger partial charge on any atom is -0.488 e. The van der Waals surface area contributed by atoms with Crippen molar-refractivity contribution in [2.75, 3.05) is 19.7 Å². The molecule has 1 atom stereocenters. The predicted molar refractivity (Wildman–Crippen MR) is 111 cm³/mol. The monoisotopic (exact) mass is 407 g/mol.